The fraction of sp³-hybridized carbons (Fsp3) is 0.500. The van der Waals surface area contributed by atoms with E-state index in [0.29, 0.717) is 6.54 Å². The van der Waals surface area contributed by atoms with Crippen LogP contribution in [0.15, 0.2) is 30.3 Å². The average Bonchev–Trinajstić information content (AvgIpc) is 2.39. The normalized spacial score (nSPS) is 20.9. The van der Waals surface area contributed by atoms with E-state index in [2.05, 4.69) is 17.0 Å². The number of amides is 1. The maximum absolute atomic E-state index is 11.1. The molecule has 1 aromatic rings. The number of nitrogens with zero attached hydrogens (tertiary/aromatic N) is 2. The number of benzene rings is 1. The minimum absolute atomic E-state index is 0.125. The lowest BCUT2D eigenvalue weighted by Gasteiger charge is -2.39. The molecule has 1 N–H and O–H groups in total. The Balaban J connectivity index is 1.95. The fourth-order valence-corrected chi connectivity index (χ4v) is 2.51. The Morgan fingerprint density at radius 3 is 2.67 bits per heavy atom. The Kier molecular flexibility index (Phi) is 4.20. The maximum atomic E-state index is 11.1. The quantitative estimate of drug-likeness (QED) is 0.892. The van der Waals surface area contributed by atoms with Gasteiger partial charge in [0.15, 0.2) is 0 Å². The number of carbonyl (C=O) groups is 1. The Bertz CT molecular complexity index is 394. The summed E-state index contributed by atoms with van der Waals surface area (Å²) < 4.78 is 0. The van der Waals surface area contributed by atoms with E-state index in [1.54, 1.807) is 4.90 Å². The van der Waals surface area contributed by atoms with E-state index < -0.39 is 6.09 Å². The van der Waals surface area contributed by atoms with Gasteiger partial charge in [0.2, 0.25) is 0 Å². The minimum Gasteiger partial charge on any atom is -0.465 e. The van der Waals surface area contributed by atoms with Gasteiger partial charge in [0, 0.05) is 32.2 Å². The molecule has 0 radical (unpaired) electrons. The highest BCUT2D eigenvalue weighted by Crippen LogP contribution is 2.15. The molecule has 2 rings (SSSR count). The Morgan fingerprint density at radius 1 is 1.33 bits per heavy atom. The topological polar surface area (TPSA) is 43.8 Å². The third-order valence-electron chi connectivity index (χ3n) is 3.53. The van der Waals surface area contributed by atoms with Gasteiger partial charge in [-0.3, -0.25) is 4.90 Å². The predicted octanol–water partition coefficient (Wildman–Crippen LogP) is 2.26. The van der Waals surface area contributed by atoms with Gasteiger partial charge in [-0.1, -0.05) is 37.3 Å². The molecule has 4 heteroatoms. The first-order valence-corrected chi connectivity index (χ1v) is 6.46. The molecule has 1 amide bonds. The monoisotopic (exact) mass is 248 g/mol. The van der Waals surface area contributed by atoms with Gasteiger partial charge in [-0.15, -0.1) is 0 Å². The standard InChI is InChI=1S/C14H20N2O2/c1-2-13-11-15(8-9-16(13)14(17)18)10-12-6-4-3-5-7-12/h3-7,13H,2,8-11H2,1H3,(H,17,18)/t13-/m0/s1. The van der Waals surface area contributed by atoms with E-state index >= 15 is 0 Å². The summed E-state index contributed by atoms with van der Waals surface area (Å²) >= 11 is 0. The molecule has 1 aliphatic heterocycles. The number of hydrogen-bond acceptors (Lipinski definition) is 2. The van der Waals surface area contributed by atoms with Crippen LogP contribution in [0, 0.1) is 0 Å². The zero-order chi connectivity index (χ0) is 13.0. The average molecular weight is 248 g/mol. The molecule has 1 atom stereocenters. The van der Waals surface area contributed by atoms with Gasteiger partial charge < -0.3 is 10.0 Å². The van der Waals surface area contributed by atoms with Crippen molar-refractivity contribution < 1.29 is 9.90 Å². The van der Waals surface area contributed by atoms with Crippen LogP contribution in [0.5, 0.6) is 0 Å². The summed E-state index contributed by atoms with van der Waals surface area (Å²) in [6.07, 6.45) is 0.0821. The smallest absolute Gasteiger partial charge is 0.407 e. The zero-order valence-electron chi connectivity index (χ0n) is 10.7. The first-order chi connectivity index (χ1) is 8.70. The van der Waals surface area contributed by atoms with Crippen LogP contribution in [0.25, 0.3) is 0 Å². The molecule has 0 aliphatic carbocycles. The summed E-state index contributed by atoms with van der Waals surface area (Å²) in [5.41, 5.74) is 1.29. The van der Waals surface area contributed by atoms with Crippen LogP contribution in [-0.4, -0.2) is 46.7 Å². The highest BCUT2D eigenvalue weighted by atomic mass is 16.4. The van der Waals surface area contributed by atoms with Gasteiger partial charge in [-0.2, -0.15) is 0 Å². The van der Waals surface area contributed by atoms with Crippen LogP contribution in [0.2, 0.25) is 0 Å². The second-order valence-electron chi connectivity index (χ2n) is 4.76. The maximum Gasteiger partial charge on any atom is 0.407 e. The lowest BCUT2D eigenvalue weighted by molar-refractivity contribution is 0.0630. The first-order valence-electron chi connectivity index (χ1n) is 6.46. The van der Waals surface area contributed by atoms with Crippen LogP contribution in [-0.2, 0) is 6.54 Å². The van der Waals surface area contributed by atoms with Gasteiger partial charge in [0.1, 0.15) is 0 Å². The Morgan fingerprint density at radius 2 is 2.06 bits per heavy atom. The van der Waals surface area contributed by atoms with Crippen molar-refractivity contribution in [1.82, 2.24) is 9.80 Å². The van der Waals surface area contributed by atoms with Crippen molar-refractivity contribution in [3.05, 3.63) is 35.9 Å². The van der Waals surface area contributed by atoms with Crippen molar-refractivity contribution >= 4 is 6.09 Å². The summed E-state index contributed by atoms with van der Waals surface area (Å²) in [7, 11) is 0. The van der Waals surface area contributed by atoms with E-state index in [1.165, 1.54) is 5.56 Å². The summed E-state index contributed by atoms with van der Waals surface area (Å²) in [5, 5.41) is 9.12. The molecule has 1 heterocycles. The molecule has 4 nitrogen and oxygen atoms in total. The third kappa shape index (κ3) is 3.01. The number of hydrogen-bond donors (Lipinski definition) is 1. The predicted molar refractivity (Wildman–Crippen MR) is 70.5 cm³/mol. The number of rotatable bonds is 3. The van der Waals surface area contributed by atoms with Gasteiger partial charge in [0.25, 0.3) is 0 Å². The highest BCUT2D eigenvalue weighted by Gasteiger charge is 2.28. The first kappa shape index (κ1) is 12.9. The van der Waals surface area contributed by atoms with Crippen molar-refractivity contribution in [2.75, 3.05) is 19.6 Å². The Hall–Kier alpha value is -1.55. The Labute approximate surface area is 108 Å². The molecule has 98 valence electrons. The van der Waals surface area contributed by atoms with Crippen molar-refractivity contribution in [2.24, 2.45) is 0 Å². The fourth-order valence-electron chi connectivity index (χ4n) is 2.51. The molecule has 1 aromatic carbocycles. The third-order valence-corrected chi connectivity index (χ3v) is 3.53. The summed E-state index contributed by atoms with van der Waals surface area (Å²) in [5.74, 6) is 0. The molecule has 0 spiro atoms. The molecule has 0 bridgehead atoms. The van der Waals surface area contributed by atoms with Gasteiger partial charge >= 0.3 is 6.09 Å². The molecule has 0 saturated carbocycles. The van der Waals surface area contributed by atoms with Gasteiger partial charge in [-0.05, 0) is 12.0 Å². The van der Waals surface area contributed by atoms with Gasteiger partial charge in [-0.25, -0.2) is 4.79 Å². The van der Waals surface area contributed by atoms with E-state index in [4.69, 9.17) is 5.11 Å². The minimum atomic E-state index is -0.791. The van der Waals surface area contributed by atoms with Crippen molar-refractivity contribution in [1.29, 1.82) is 0 Å². The lowest BCUT2D eigenvalue weighted by atomic mass is 10.1. The zero-order valence-corrected chi connectivity index (χ0v) is 10.7. The largest absolute Gasteiger partial charge is 0.465 e. The second kappa shape index (κ2) is 5.87. The lowest BCUT2D eigenvalue weighted by Crippen LogP contribution is -2.54. The van der Waals surface area contributed by atoms with E-state index in [1.807, 2.05) is 25.1 Å². The second-order valence-corrected chi connectivity index (χ2v) is 4.76. The molecule has 1 aliphatic rings. The summed E-state index contributed by atoms with van der Waals surface area (Å²) in [6.45, 7) is 5.22. The van der Waals surface area contributed by atoms with Crippen molar-refractivity contribution in [3.63, 3.8) is 0 Å². The molecule has 0 aromatic heterocycles. The SMILES string of the molecule is CC[C@H]1CN(Cc2ccccc2)CCN1C(=O)O. The van der Waals surface area contributed by atoms with E-state index in [0.717, 1.165) is 26.1 Å². The van der Waals surface area contributed by atoms with Crippen LogP contribution in [0.1, 0.15) is 18.9 Å². The highest BCUT2D eigenvalue weighted by molar-refractivity contribution is 5.65. The molecular weight excluding hydrogens is 228 g/mol. The van der Waals surface area contributed by atoms with Gasteiger partial charge in [0.05, 0.1) is 0 Å². The van der Waals surface area contributed by atoms with Crippen LogP contribution in [0.4, 0.5) is 4.79 Å². The van der Waals surface area contributed by atoms with Crippen molar-refractivity contribution in [3.8, 4) is 0 Å². The molecule has 18 heavy (non-hydrogen) atoms. The van der Waals surface area contributed by atoms with Crippen LogP contribution < -0.4 is 0 Å². The molecular formula is C14H20N2O2. The van der Waals surface area contributed by atoms with E-state index in [9.17, 15) is 4.79 Å². The van der Waals surface area contributed by atoms with Crippen molar-refractivity contribution in [2.45, 2.75) is 25.9 Å². The molecule has 1 saturated heterocycles. The van der Waals surface area contributed by atoms with Crippen LogP contribution in [0.3, 0.4) is 0 Å². The number of carboxylic acid groups (broad SMARTS) is 1. The van der Waals surface area contributed by atoms with Crippen LogP contribution >= 0.6 is 0 Å². The molecule has 1 fully saturated rings. The van der Waals surface area contributed by atoms with E-state index in [-0.39, 0.29) is 6.04 Å². The summed E-state index contributed by atoms with van der Waals surface area (Å²) in [6, 6.07) is 10.5. The number of piperazine rings is 1. The summed E-state index contributed by atoms with van der Waals surface area (Å²) in [4.78, 5) is 15.0. The molecule has 0 unspecified atom stereocenters.